The summed E-state index contributed by atoms with van der Waals surface area (Å²) in [5.74, 6) is 0.869. The monoisotopic (exact) mass is 475 g/mol. The molecule has 26 heavy (non-hydrogen) atoms. The molecule has 2 rings (SSSR count). The Hall–Kier alpha value is -1.06. The van der Waals surface area contributed by atoms with E-state index in [0.717, 1.165) is 65.0 Å². The highest BCUT2D eigenvalue weighted by atomic mass is 127. The van der Waals surface area contributed by atoms with Gasteiger partial charge < -0.3 is 20.3 Å². The van der Waals surface area contributed by atoms with Gasteiger partial charge in [-0.3, -0.25) is 9.89 Å². The van der Waals surface area contributed by atoms with Crippen LogP contribution in [-0.4, -0.2) is 76.9 Å². The smallest absolute Gasteiger partial charge is 0.191 e. The van der Waals surface area contributed by atoms with Crippen LogP contribution in [0.2, 0.25) is 0 Å². The summed E-state index contributed by atoms with van der Waals surface area (Å²) in [6.07, 6.45) is 0. The second-order valence-electron chi connectivity index (χ2n) is 6.30. The molecule has 6 nitrogen and oxygen atoms in total. The Morgan fingerprint density at radius 1 is 1.23 bits per heavy atom. The number of rotatable bonds is 8. The number of ether oxygens (including phenoxy) is 1. The van der Waals surface area contributed by atoms with Crippen LogP contribution in [0.25, 0.3) is 0 Å². The van der Waals surface area contributed by atoms with Crippen molar-refractivity contribution in [2.24, 2.45) is 4.99 Å². The molecule has 0 aliphatic carbocycles. The Kier molecular flexibility index (Phi) is 11.6. The van der Waals surface area contributed by atoms with Gasteiger partial charge in [-0.15, -0.1) is 24.0 Å². The SMILES string of the molecule is CCN(CCNC(=NC)NCCN1CCOCC1)c1cccc(C)c1.I. The normalized spacial score (nSPS) is 15.3. The first-order valence-electron chi connectivity index (χ1n) is 9.29. The molecule has 148 valence electrons. The number of aliphatic imine (C=N–C) groups is 1. The zero-order valence-corrected chi connectivity index (χ0v) is 18.7. The van der Waals surface area contributed by atoms with Crippen molar-refractivity contribution in [3.05, 3.63) is 29.8 Å². The number of nitrogens with zero attached hydrogens (tertiary/aromatic N) is 3. The Morgan fingerprint density at radius 3 is 2.62 bits per heavy atom. The fourth-order valence-electron chi connectivity index (χ4n) is 2.98. The largest absolute Gasteiger partial charge is 0.379 e. The van der Waals surface area contributed by atoms with Crippen molar-refractivity contribution in [3.63, 3.8) is 0 Å². The molecule has 0 atom stereocenters. The molecule has 1 aliphatic heterocycles. The number of aryl methyl sites for hydroxylation is 1. The lowest BCUT2D eigenvalue weighted by atomic mass is 10.2. The first kappa shape index (κ1) is 23.0. The van der Waals surface area contributed by atoms with Crippen LogP contribution in [-0.2, 0) is 4.74 Å². The second kappa shape index (κ2) is 13.2. The van der Waals surface area contributed by atoms with Crippen molar-refractivity contribution < 1.29 is 4.74 Å². The topological polar surface area (TPSA) is 52.1 Å². The van der Waals surface area contributed by atoms with Gasteiger partial charge >= 0.3 is 0 Å². The van der Waals surface area contributed by atoms with Crippen LogP contribution >= 0.6 is 24.0 Å². The van der Waals surface area contributed by atoms with Gasteiger partial charge in [0, 0.05) is 58.5 Å². The average Bonchev–Trinajstić information content (AvgIpc) is 2.64. The number of halogens is 1. The molecule has 1 fully saturated rings. The van der Waals surface area contributed by atoms with E-state index >= 15 is 0 Å². The molecule has 0 amide bonds. The number of anilines is 1. The average molecular weight is 475 g/mol. The summed E-state index contributed by atoms with van der Waals surface area (Å²) in [6.45, 7) is 12.8. The molecule has 1 heterocycles. The molecule has 0 aromatic heterocycles. The molecule has 1 aromatic carbocycles. The number of hydrogen-bond donors (Lipinski definition) is 2. The van der Waals surface area contributed by atoms with Gasteiger partial charge in [0.25, 0.3) is 0 Å². The second-order valence-corrected chi connectivity index (χ2v) is 6.30. The van der Waals surface area contributed by atoms with E-state index in [2.05, 4.69) is 63.5 Å². The van der Waals surface area contributed by atoms with E-state index in [1.54, 1.807) is 0 Å². The van der Waals surface area contributed by atoms with E-state index in [0.29, 0.717) is 0 Å². The van der Waals surface area contributed by atoms with Gasteiger partial charge in [0.15, 0.2) is 5.96 Å². The van der Waals surface area contributed by atoms with Crippen molar-refractivity contribution in [2.45, 2.75) is 13.8 Å². The van der Waals surface area contributed by atoms with Crippen LogP contribution in [0.5, 0.6) is 0 Å². The van der Waals surface area contributed by atoms with E-state index in [1.165, 1.54) is 11.3 Å². The van der Waals surface area contributed by atoms with E-state index in [9.17, 15) is 0 Å². The third kappa shape index (κ3) is 8.09. The third-order valence-electron chi connectivity index (χ3n) is 4.47. The van der Waals surface area contributed by atoms with Crippen molar-refractivity contribution in [1.82, 2.24) is 15.5 Å². The summed E-state index contributed by atoms with van der Waals surface area (Å²) < 4.78 is 5.38. The van der Waals surface area contributed by atoms with Gasteiger partial charge in [-0.2, -0.15) is 0 Å². The molecule has 1 aromatic rings. The van der Waals surface area contributed by atoms with Crippen LogP contribution < -0.4 is 15.5 Å². The summed E-state index contributed by atoms with van der Waals surface area (Å²) in [5, 5.41) is 6.81. The predicted molar refractivity (Wildman–Crippen MR) is 121 cm³/mol. The van der Waals surface area contributed by atoms with Crippen LogP contribution in [0, 0.1) is 6.92 Å². The highest BCUT2D eigenvalue weighted by Gasteiger charge is 2.10. The Morgan fingerprint density at radius 2 is 1.96 bits per heavy atom. The minimum atomic E-state index is 0. The molecule has 2 N–H and O–H groups in total. The van der Waals surface area contributed by atoms with E-state index in [4.69, 9.17) is 4.74 Å². The maximum atomic E-state index is 5.38. The van der Waals surface area contributed by atoms with Gasteiger partial charge in [-0.25, -0.2) is 0 Å². The summed E-state index contributed by atoms with van der Waals surface area (Å²) in [5.41, 5.74) is 2.57. The van der Waals surface area contributed by atoms with Crippen LogP contribution in [0.1, 0.15) is 12.5 Å². The van der Waals surface area contributed by atoms with Gasteiger partial charge in [0.05, 0.1) is 13.2 Å². The number of guanidine groups is 1. The molecule has 0 unspecified atom stereocenters. The lowest BCUT2D eigenvalue weighted by molar-refractivity contribution is 0.0389. The van der Waals surface area contributed by atoms with E-state index < -0.39 is 0 Å². The quantitative estimate of drug-likeness (QED) is 0.342. The number of morpholine rings is 1. The van der Waals surface area contributed by atoms with Crippen molar-refractivity contribution in [3.8, 4) is 0 Å². The molecule has 0 saturated carbocycles. The molecule has 1 aliphatic rings. The van der Waals surface area contributed by atoms with Gasteiger partial charge in [-0.1, -0.05) is 12.1 Å². The standard InChI is InChI=1S/C19H33N5O.HI/c1-4-24(18-7-5-6-17(2)16-18)11-9-22-19(20-3)21-8-10-23-12-14-25-15-13-23;/h5-7,16H,4,8-15H2,1-3H3,(H2,20,21,22);1H. The zero-order valence-electron chi connectivity index (χ0n) is 16.3. The molecule has 0 bridgehead atoms. The summed E-state index contributed by atoms with van der Waals surface area (Å²) in [4.78, 5) is 9.11. The van der Waals surface area contributed by atoms with E-state index in [1.807, 2.05) is 7.05 Å². The molecule has 0 radical (unpaired) electrons. The minimum Gasteiger partial charge on any atom is -0.379 e. The number of benzene rings is 1. The number of nitrogens with one attached hydrogen (secondary N) is 2. The summed E-state index contributed by atoms with van der Waals surface area (Å²) in [6, 6.07) is 8.66. The van der Waals surface area contributed by atoms with Crippen molar-refractivity contribution >= 4 is 35.6 Å². The molecular weight excluding hydrogens is 441 g/mol. The maximum absolute atomic E-state index is 5.38. The fraction of sp³-hybridized carbons (Fsp3) is 0.632. The molecule has 0 spiro atoms. The Labute approximate surface area is 175 Å². The lowest BCUT2D eigenvalue weighted by Gasteiger charge is -2.27. The van der Waals surface area contributed by atoms with Crippen molar-refractivity contribution in [1.29, 1.82) is 0 Å². The zero-order chi connectivity index (χ0) is 17.9. The van der Waals surface area contributed by atoms with Crippen molar-refractivity contribution in [2.75, 3.05) is 71.0 Å². The fourth-order valence-corrected chi connectivity index (χ4v) is 2.98. The highest BCUT2D eigenvalue weighted by molar-refractivity contribution is 14.0. The summed E-state index contributed by atoms with van der Waals surface area (Å²) >= 11 is 0. The van der Waals surface area contributed by atoms with Gasteiger partial charge in [0.2, 0.25) is 0 Å². The number of likely N-dealkylation sites (N-methyl/N-ethyl adjacent to an activating group) is 1. The van der Waals surface area contributed by atoms with Gasteiger partial charge in [-0.05, 0) is 31.5 Å². The van der Waals surface area contributed by atoms with Crippen LogP contribution in [0.15, 0.2) is 29.3 Å². The lowest BCUT2D eigenvalue weighted by Crippen LogP contribution is -2.45. The third-order valence-corrected chi connectivity index (χ3v) is 4.47. The highest BCUT2D eigenvalue weighted by Crippen LogP contribution is 2.14. The first-order valence-corrected chi connectivity index (χ1v) is 9.29. The van der Waals surface area contributed by atoms with Gasteiger partial charge in [0.1, 0.15) is 0 Å². The molecule has 7 heteroatoms. The van der Waals surface area contributed by atoms with E-state index in [-0.39, 0.29) is 24.0 Å². The Balaban J connectivity index is 0.00000338. The molecule has 1 saturated heterocycles. The number of hydrogen-bond acceptors (Lipinski definition) is 4. The Bertz CT molecular complexity index is 534. The van der Waals surface area contributed by atoms with Crippen LogP contribution in [0.4, 0.5) is 5.69 Å². The summed E-state index contributed by atoms with van der Waals surface area (Å²) in [7, 11) is 1.82. The molecular formula is C19H34IN5O. The minimum absolute atomic E-state index is 0. The predicted octanol–water partition coefficient (Wildman–Crippen LogP) is 1.94. The maximum Gasteiger partial charge on any atom is 0.191 e. The first-order chi connectivity index (χ1) is 12.2. The van der Waals surface area contributed by atoms with Crippen LogP contribution in [0.3, 0.4) is 0 Å².